The van der Waals surface area contributed by atoms with Gasteiger partial charge in [-0.15, -0.1) is 0 Å². The van der Waals surface area contributed by atoms with Gasteiger partial charge in [-0.05, 0) is 103 Å². The molecular formula is C57H96O5. The molecule has 0 saturated heterocycles. The molecule has 62 heavy (non-hydrogen) atoms. The zero-order valence-electron chi connectivity index (χ0n) is 40.6. The number of hydrogen-bond acceptors (Lipinski definition) is 5. The Labute approximate surface area is 383 Å². The highest BCUT2D eigenvalue weighted by Gasteiger charge is 2.17. The van der Waals surface area contributed by atoms with Crippen molar-refractivity contribution < 1.29 is 23.8 Å². The third kappa shape index (κ3) is 49.5. The van der Waals surface area contributed by atoms with Crippen molar-refractivity contribution in [2.24, 2.45) is 0 Å². The molecule has 0 rings (SSSR count). The fraction of sp³-hybridized carbons (Fsp3) is 0.684. The molecule has 0 aromatic heterocycles. The Balaban J connectivity index is 4.34. The maximum atomic E-state index is 12.8. The molecule has 0 fully saturated rings. The van der Waals surface area contributed by atoms with Crippen molar-refractivity contribution in [2.45, 2.75) is 232 Å². The molecule has 0 aliphatic carbocycles. The van der Waals surface area contributed by atoms with Crippen LogP contribution >= 0.6 is 0 Å². The molecule has 5 heteroatoms. The number of rotatable bonds is 46. The van der Waals surface area contributed by atoms with E-state index in [-0.39, 0.29) is 25.2 Å². The molecule has 0 aromatic rings. The highest BCUT2D eigenvalue weighted by molar-refractivity contribution is 5.70. The number of carbonyl (C=O) groups is 2. The number of hydrogen-bond donors (Lipinski definition) is 0. The lowest BCUT2D eigenvalue weighted by Gasteiger charge is -2.18. The van der Waals surface area contributed by atoms with E-state index < -0.39 is 6.10 Å². The van der Waals surface area contributed by atoms with Crippen molar-refractivity contribution in [3.63, 3.8) is 0 Å². The Bertz CT molecular complexity index is 1200. The van der Waals surface area contributed by atoms with E-state index in [9.17, 15) is 9.59 Å². The Morgan fingerprint density at radius 2 is 0.742 bits per heavy atom. The summed E-state index contributed by atoms with van der Waals surface area (Å²) >= 11 is 0. The van der Waals surface area contributed by atoms with Crippen LogP contribution in [0.2, 0.25) is 0 Å². The summed E-state index contributed by atoms with van der Waals surface area (Å²) in [5.74, 6) is -0.457. The standard InChI is InChI=1S/C57H96O5/c1-4-7-10-13-16-19-22-24-26-28-29-30-31-33-36-38-41-44-47-50-56(58)61-54-55(62-57(59)51-48-45-42-39-35-21-18-15-12-9-6-3)53-60-52-49-46-43-40-37-34-32-27-25-23-20-17-14-11-8-5-2/h8,11,15-20,24-27,34,37,43,46,55H,4-7,9-10,12-14,21-23,28-33,35-36,38-42,44-45,47-54H2,1-3H3/b11-8-,18-15-,19-16-,20-17-,26-24-,27-25-,37-34-,46-43-. The van der Waals surface area contributed by atoms with Gasteiger partial charge in [-0.2, -0.15) is 0 Å². The summed E-state index contributed by atoms with van der Waals surface area (Å²) in [6.45, 7) is 7.43. The molecule has 0 aliphatic heterocycles. The molecule has 0 amide bonds. The number of allylic oxidation sites excluding steroid dienone is 15. The smallest absolute Gasteiger partial charge is 0.306 e. The normalized spacial score (nSPS) is 13.0. The van der Waals surface area contributed by atoms with Crippen molar-refractivity contribution >= 4 is 11.9 Å². The van der Waals surface area contributed by atoms with Gasteiger partial charge in [-0.3, -0.25) is 9.59 Å². The van der Waals surface area contributed by atoms with Gasteiger partial charge in [0.25, 0.3) is 0 Å². The van der Waals surface area contributed by atoms with Crippen LogP contribution in [0.4, 0.5) is 0 Å². The zero-order valence-corrected chi connectivity index (χ0v) is 40.6. The molecule has 0 spiro atoms. The third-order valence-electron chi connectivity index (χ3n) is 10.6. The predicted octanol–water partition coefficient (Wildman–Crippen LogP) is 17.5. The first-order valence-corrected chi connectivity index (χ1v) is 25.8. The van der Waals surface area contributed by atoms with Crippen LogP contribution in [-0.4, -0.2) is 37.9 Å². The van der Waals surface area contributed by atoms with E-state index in [2.05, 4.69) is 118 Å². The maximum absolute atomic E-state index is 12.8. The van der Waals surface area contributed by atoms with E-state index in [4.69, 9.17) is 14.2 Å². The Morgan fingerprint density at radius 3 is 1.23 bits per heavy atom. The topological polar surface area (TPSA) is 61.8 Å². The molecule has 5 nitrogen and oxygen atoms in total. The molecule has 354 valence electrons. The second-order valence-corrected chi connectivity index (χ2v) is 16.7. The van der Waals surface area contributed by atoms with Crippen molar-refractivity contribution in [1.82, 2.24) is 0 Å². The molecule has 0 N–H and O–H groups in total. The summed E-state index contributed by atoms with van der Waals surface area (Å²) in [7, 11) is 0. The summed E-state index contributed by atoms with van der Waals surface area (Å²) in [4.78, 5) is 25.4. The van der Waals surface area contributed by atoms with Crippen molar-refractivity contribution in [3.05, 3.63) is 97.2 Å². The first-order valence-electron chi connectivity index (χ1n) is 25.8. The monoisotopic (exact) mass is 861 g/mol. The summed E-state index contributed by atoms with van der Waals surface area (Å²) in [5.41, 5.74) is 0. The second kappa shape index (κ2) is 52.2. The summed E-state index contributed by atoms with van der Waals surface area (Å²) in [5, 5.41) is 0. The van der Waals surface area contributed by atoms with E-state index in [1.807, 2.05) is 0 Å². The minimum absolute atomic E-state index is 0.0456. The minimum atomic E-state index is -0.586. The molecule has 0 bridgehead atoms. The quantitative estimate of drug-likeness (QED) is 0.0347. The maximum Gasteiger partial charge on any atom is 0.306 e. The number of unbranched alkanes of at least 4 members (excludes halogenated alkanes) is 19. The van der Waals surface area contributed by atoms with Gasteiger partial charge in [0.15, 0.2) is 6.10 Å². The lowest BCUT2D eigenvalue weighted by molar-refractivity contribution is -0.162. The van der Waals surface area contributed by atoms with Gasteiger partial charge in [0.1, 0.15) is 6.61 Å². The van der Waals surface area contributed by atoms with E-state index in [1.54, 1.807) is 0 Å². The van der Waals surface area contributed by atoms with Crippen LogP contribution in [0, 0.1) is 0 Å². The van der Waals surface area contributed by atoms with Gasteiger partial charge in [0.05, 0.1) is 13.2 Å². The first kappa shape index (κ1) is 58.8. The minimum Gasteiger partial charge on any atom is -0.462 e. The van der Waals surface area contributed by atoms with Crippen LogP contribution in [0.5, 0.6) is 0 Å². The molecule has 0 radical (unpaired) electrons. The van der Waals surface area contributed by atoms with E-state index in [0.29, 0.717) is 19.4 Å². The number of ether oxygens (including phenoxy) is 3. The van der Waals surface area contributed by atoms with Crippen LogP contribution in [0.1, 0.15) is 226 Å². The SMILES string of the molecule is CC/C=C\C/C=C\C/C=C\C/C=C\C/C=C\CCOCC(COC(=O)CCCCCCCCCCC/C=C\C/C=C\CCCCC)OC(=O)CCCCCCC/C=C\CCCC. The van der Waals surface area contributed by atoms with E-state index in [1.165, 1.54) is 103 Å². The molecule has 0 aromatic carbocycles. The molecule has 1 atom stereocenters. The fourth-order valence-electron chi connectivity index (χ4n) is 6.76. The van der Waals surface area contributed by atoms with E-state index >= 15 is 0 Å². The third-order valence-corrected chi connectivity index (χ3v) is 10.6. The highest BCUT2D eigenvalue weighted by atomic mass is 16.6. The predicted molar refractivity (Wildman–Crippen MR) is 270 cm³/mol. The van der Waals surface area contributed by atoms with Crippen LogP contribution in [-0.2, 0) is 23.8 Å². The van der Waals surface area contributed by atoms with Gasteiger partial charge < -0.3 is 14.2 Å². The zero-order chi connectivity index (χ0) is 44.9. The Kier molecular flexibility index (Phi) is 49.5. The summed E-state index contributed by atoms with van der Waals surface area (Å²) in [6, 6.07) is 0. The molecule has 0 heterocycles. The van der Waals surface area contributed by atoms with Gasteiger partial charge in [0.2, 0.25) is 0 Å². The van der Waals surface area contributed by atoms with Gasteiger partial charge in [-0.1, -0.05) is 208 Å². The van der Waals surface area contributed by atoms with Crippen LogP contribution < -0.4 is 0 Å². The number of esters is 2. The summed E-state index contributed by atoms with van der Waals surface area (Å²) < 4.78 is 17.3. The molecule has 0 aliphatic rings. The van der Waals surface area contributed by atoms with Gasteiger partial charge in [-0.25, -0.2) is 0 Å². The molecular weight excluding hydrogens is 765 g/mol. The first-order chi connectivity index (χ1) is 30.6. The fourth-order valence-corrected chi connectivity index (χ4v) is 6.76. The number of carbonyl (C=O) groups excluding carboxylic acids is 2. The van der Waals surface area contributed by atoms with Gasteiger partial charge in [0, 0.05) is 12.8 Å². The van der Waals surface area contributed by atoms with Crippen molar-refractivity contribution in [1.29, 1.82) is 0 Å². The average Bonchev–Trinajstić information content (AvgIpc) is 3.27. The Morgan fingerprint density at radius 1 is 0.371 bits per heavy atom. The van der Waals surface area contributed by atoms with Crippen LogP contribution in [0.15, 0.2) is 97.2 Å². The van der Waals surface area contributed by atoms with Crippen molar-refractivity contribution in [3.8, 4) is 0 Å². The molecule has 0 saturated carbocycles. The largest absolute Gasteiger partial charge is 0.462 e. The summed E-state index contributed by atoms with van der Waals surface area (Å²) in [6.07, 6.45) is 70.1. The second-order valence-electron chi connectivity index (χ2n) is 16.7. The van der Waals surface area contributed by atoms with Crippen molar-refractivity contribution in [2.75, 3.05) is 19.8 Å². The highest BCUT2D eigenvalue weighted by Crippen LogP contribution is 2.13. The average molecular weight is 861 g/mol. The van der Waals surface area contributed by atoms with Crippen LogP contribution in [0.3, 0.4) is 0 Å². The Hall–Kier alpha value is -3.18. The van der Waals surface area contributed by atoms with Gasteiger partial charge >= 0.3 is 11.9 Å². The van der Waals surface area contributed by atoms with E-state index in [0.717, 1.165) is 89.9 Å². The molecule has 1 unspecified atom stereocenters. The van der Waals surface area contributed by atoms with Crippen LogP contribution in [0.25, 0.3) is 0 Å². The lowest BCUT2D eigenvalue weighted by Crippen LogP contribution is -2.30. The lowest BCUT2D eigenvalue weighted by atomic mass is 10.1.